The van der Waals surface area contributed by atoms with Crippen molar-refractivity contribution in [3.05, 3.63) is 182 Å². The maximum Gasteiger partial charge on any atom is 0.472 e. The van der Waals surface area contributed by atoms with E-state index in [0.717, 1.165) is 167 Å². The third-order valence-corrected chi connectivity index (χ3v) is 13.3. The predicted molar refractivity (Wildman–Crippen MR) is 348 cm³/mol. The van der Waals surface area contributed by atoms with E-state index in [4.69, 9.17) is 24.3 Å². The molecule has 0 aromatic heterocycles. The van der Waals surface area contributed by atoms with Crippen molar-refractivity contribution < 1.29 is 37.6 Å². The molecule has 0 rings (SSSR count). The first-order chi connectivity index (χ1) is 39.8. The predicted octanol–water partition coefficient (Wildman–Crippen LogP) is 20.4. The summed E-state index contributed by atoms with van der Waals surface area (Å²) in [6, 6.07) is 0. The van der Waals surface area contributed by atoms with Crippen LogP contribution in [0, 0.1) is 0 Å². The fourth-order valence-electron chi connectivity index (χ4n) is 7.75. The van der Waals surface area contributed by atoms with E-state index in [-0.39, 0.29) is 32.6 Å². The third-order valence-electron chi connectivity index (χ3n) is 12.3. The molecular formula is C71H112NO8P. The number of hydrogen-bond donors (Lipinski definition) is 2. The molecule has 0 aromatic carbocycles. The van der Waals surface area contributed by atoms with E-state index in [2.05, 4.69) is 196 Å². The van der Waals surface area contributed by atoms with Crippen molar-refractivity contribution in [3.63, 3.8) is 0 Å². The molecule has 454 valence electrons. The van der Waals surface area contributed by atoms with Gasteiger partial charge in [-0.25, -0.2) is 4.57 Å². The lowest BCUT2D eigenvalue weighted by molar-refractivity contribution is -0.161. The Hall–Kier alpha value is -4.89. The molecule has 2 atom stereocenters. The summed E-state index contributed by atoms with van der Waals surface area (Å²) in [4.78, 5) is 35.3. The molecular weight excluding hydrogens is 1030 g/mol. The normalized spacial score (nSPS) is 14.3. The molecule has 0 radical (unpaired) electrons. The minimum atomic E-state index is -4.41. The number of rotatable bonds is 56. The number of nitrogens with two attached hydrogens (primary N) is 1. The molecule has 2 unspecified atom stereocenters. The van der Waals surface area contributed by atoms with Gasteiger partial charge < -0.3 is 20.1 Å². The monoisotopic (exact) mass is 1140 g/mol. The van der Waals surface area contributed by atoms with Crippen molar-refractivity contribution in [1.29, 1.82) is 0 Å². The molecule has 0 heterocycles. The number of ether oxygens (including phenoxy) is 2. The van der Waals surface area contributed by atoms with Gasteiger partial charge in [0.15, 0.2) is 6.10 Å². The standard InChI is InChI=1S/C71H112NO8P/c1-3-5-7-9-11-13-15-17-19-21-23-25-27-29-30-31-32-33-34-35-36-37-38-40-42-44-46-48-50-52-54-56-58-60-62-64-71(74)80-69(68-79-81(75,76)78-66-65-72)67-77-70(73)63-61-59-57-55-53-51-49-47-45-43-41-39-28-26-24-22-20-18-16-14-12-10-8-6-4-2/h5-8,11-14,17-20,23-26,29-30,32-33,35-36,38-41,44-47,69H,3-4,9-10,15-16,21-22,27-28,31,34,37,42-43,48-68,72H2,1-2H3,(H,75,76)/b7-5-,8-6-,13-11-,14-12-,19-17-,20-18-,25-23-,26-24-,30-29-,33-32-,36-35-,40-38-,41-39-,46-44-,47-45-. The maximum absolute atomic E-state index is 12.7. The van der Waals surface area contributed by atoms with Crippen LogP contribution in [0.2, 0.25) is 0 Å². The van der Waals surface area contributed by atoms with E-state index >= 15 is 0 Å². The van der Waals surface area contributed by atoms with Gasteiger partial charge in [-0.15, -0.1) is 0 Å². The fraction of sp³-hybridized carbons (Fsp3) is 0.549. The van der Waals surface area contributed by atoms with Gasteiger partial charge in [-0.3, -0.25) is 18.6 Å². The van der Waals surface area contributed by atoms with Gasteiger partial charge >= 0.3 is 19.8 Å². The number of carbonyl (C=O) groups excluding carboxylic acids is 2. The van der Waals surface area contributed by atoms with Crippen LogP contribution >= 0.6 is 7.82 Å². The number of phosphoric ester groups is 1. The zero-order valence-electron chi connectivity index (χ0n) is 50.7. The quantitative estimate of drug-likeness (QED) is 0.0264. The lowest BCUT2D eigenvalue weighted by Gasteiger charge is -2.19. The van der Waals surface area contributed by atoms with E-state index in [1.54, 1.807) is 0 Å². The van der Waals surface area contributed by atoms with Crippen molar-refractivity contribution in [2.24, 2.45) is 5.73 Å². The Kier molecular flexibility index (Phi) is 60.4. The molecule has 0 amide bonds. The Labute approximate surface area is 494 Å². The molecule has 0 fully saturated rings. The van der Waals surface area contributed by atoms with Crippen molar-refractivity contribution in [3.8, 4) is 0 Å². The second kappa shape index (κ2) is 64.3. The molecule has 0 aliphatic heterocycles. The van der Waals surface area contributed by atoms with Crippen molar-refractivity contribution in [2.75, 3.05) is 26.4 Å². The number of carbonyl (C=O) groups is 2. The van der Waals surface area contributed by atoms with Crippen molar-refractivity contribution in [1.82, 2.24) is 0 Å². The molecule has 0 aliphatic rings. The molecule has 3 N–H and O–H groups in total. The summed E-state index contributed by atoms with van der Waals surface area (Å²) in [5, 5.41) is 0. The summed E-state index contributed by atoms with van der Waals surface area (Å²) >= 11 is 0. The molecule has 81 heavy (non-hydrogen) atoms. The van der Waals surface area contributed by atoms with Crippen LogP contribution in [0.1, 0.15) is 219 Å². The van der Waals surface area contributed by atoms with Crippen molar-refractivity contribution in [2.45, 2.75) is 225 Å². The van der Waals surface area contributed by atoms with Gasteiger partial charge in [-0.1, -0.05) is 254 Å². The molecule has 0 saturated carbocycles. The molecule has 0 aliphatic carbocycles. The average molecular weight is 1140 g/mol. The second-order valence-corrected chi connectivity index (χ2v) is 21.3. The fourth-order valence-corrected chi connectivity index (χ4v) is 8.51. The maximum atomic E-state index is 12.7. The first-order valence-corrected chi connectivity index (χ1v) is 32.8. The first kappa shape index (κ1) is 76.1. The first-order valence-electron chi connectivity index (χ1n) is 31.3. The smallest absolute Gasteiger partial charge is 0.462 e. The SMILES string of the molecule is CC/C=C\C/C=C\C/C=C\C/C=C\C/C=C\C/C=C\C/C=C\C/C=C\C/C=C\CCCCCCCCCC(=O)OC(COC(=O)CCCCCCCC/C=C\C/C=C\C/C=C\C/C=C\C/C=C\C/C=C\CC)COP(=O)(O)OCCN. The highest BCUT2D eigenvalue weighted by Crippen LogP contribution is 2.43. The Bertz CT molecular complexity index is 1980. The largest absolute Gasteiger partial charge is 0.472 e. The highest BCUT2D eigenvalue weighted by Gasteiger charge is 2.26. The van der Waals surface area contributed by atoms with Gasteiger partial charge in [-0.2, -0.15) is 0 Å². The Morgan fingerprint density at radius 1 is 0.370 bits per heavy atom. The van der Waals surface area contributed by atoms with E-state index in [1.807, 2.05) is 0 Å². The van der Waals surface area contributed by atoms with Gasteiger partial charge in [0.05, 0.1) is 13.2 Å². The van der Waals surface area contributed by atoms with Crippen LogP contribution in [-0.2, 0) is 32.7 Å². The van der Waals surface area contributed by atoms with Crippen LogP contribution in [0.15, 0.2) is 182 Å². The number of esters is 2. The summed E-state index contributed by atoms with van der Waals surface area (Å²) in [7, 11) is -4.41. The molecule has 10 heteroatoms. The minimum absolute atomic E-state index is 0.0385. The number of hydrogen-bond acceptors (Lipinski definition) is 8. The van der Waals surface area contributed by atoms with Crippen LogP contribution in [0.3, 0.4) is 0 Å². The summed E-state index contributed by atoms with van der Waals surface area (Å²) in [5.74, 6) is -0.873. The summed E-state index contributed by atoms with van der Waals surface area (Å²) < 4.78 is 33.1. The molecule has 0 saturated heterocycles. The molecule has 0 spiro atoms. The van der Waals surface area contributed by atoms with Crippen LogP contribution in [0.4, 0.5) is 0 Å². The second-order valence-electron chi connectivity index (χ2n) is 19.8. The highest BCUT2D eigenvalue weighted by atomic mass is 31.2. The van der Waals surface area contributed by atoms with Gasteiger partial charge in [0.2, 0.25) is 0 Å². The van der Waals surface area contributed by atoms with Gasteiger partial charge in [0, 0.05) is 19.4 Å². The Morgan fingerprint density at radius 3 is 0.951 bits per heavy atom. The lowest BCUT2D eigenvalue weighted by atomic mass is 10.1. The van der Waals surface area contributed by atoms with Crippen LogP contribution in [0.25, 0.3) is 0 Å². The van der Waals surface area contributed by atoms with Gasteiger partial charge in [0.1, 0.15) is 6.61 Å². The minimum Gasteiger partial charge on any atom is -0.462 e. The molecule has 9 nitrogen and oxygen atoms in total. The zero-order valence-corrected chi connectivity index (χ0v) is 51.6. The van der Waals surface area contributed by atoms with Crippen molar-refractivity contribution >= 4 is 19.8 Å². The Balaban J connectivity index is 4.08. The summed E-state index contributed by atoms with van der Waals surface area (Å²) in [5.41, 5.74) is 5.39. The van der Waals surface area contributed by atoms with Crippen LogP contribution < -0.4 is 5.73 Å². The van der Waals surface area contributed by atoms with Crippen LogP contribution in [-0.4, -0.2) is 49.3 Å². The van der Waals surface area contributed by atoms with Crippen LogP contribution in [0.5, 0.6) is 0 Å². The molecule has 0 aromatic rings. The average Bonchev–Trinajstić information content (AvgIpc) is 3.46. The zero-order chi connectivity index (χ0) is 58.7. The third kappa shape index (κ3) is 64.1. The number of phosphoric acid groups is 1. The van der Waals surface area contributed by atoms with Gasteiger partial charge in [-0.05, 0) is 135 Å². The van der Waals surface area contributed by atoms with E-state index in [9.17, 15) is 19.0 Å². The molecule has 0 bridgehead atoms. The van der Waals surface area contributed by atoms with E-state index in [1.165, 1.54) is 12.8 Å². The van der Waals surface area contributed by atoms with E-state index < -0.39 is 32.5 Å². The summed E-state index contributed by atoms with van der Waals surface area (Å²) in [6.45, 7) is 3.46. The number of allylic oxidation sites excluding steroid dienone is 30. The lowest BCUT2D eigenvalue weighted by Crippen LogP contribution is -2.29. The summed E-state index contributed by atoms with van der Waals surface area (Å²) in [6.07, 6.45) is 96.6. The Morgan fingerprint density at radius 2 is 0.642 bits per heavy atom. The number of unbranched alkanes of at least 4 members (excludes halogenated alkanes) is 13. The highest BCUT2D eigenvalue weighted by molar-refractivity contribution is 7.47. The van der Waals surface area contributed by atoms with E-state index in [0.29, 0.717) is 12.8 Å². The topological polar surface area (TPSA) is 134 Å². The van der Waals surface area contributed by atoms with Gasteiger partial charge in [0.25, 0.3) is 0 Å².